The number of pyridine rings is 5. The number of aromatic amines is 3. The molecule has 5 aliphatic rings. The highest BCUT2D eigenvalue weighted by Gasteiger charge is 2.52. The number of aromatic nitrogens is 17. The number of carbonyl (C=O) groups is 4. The van der Waals surface area contributed by atoms with Gasteiger partial charge in [0.05, 0.1) is 52.5 Å². The molecule has 3 amide bonds. The summed E-state index contributed by atoms with van der Waals surface area (Å²) in [5, 5.41) is 25.2. The number of aldehydes is 1. The van der Waals surface area contributed by atoms with Crippen molar-refractivity contribution in [1.29, 1.82) is 0 Å². The third-order valence-electron chi connectivity index (χ3n) is 21.4. The van der Waals surface area contributed by atoms with Crippen LogP contribution in [0, 0.1) is 41.5 Å². The Morgan fingerprint density at radius 2 is 0.803 bits per heavy atom. The first-order chi connectivity index (χ1) is 62.6. The summed E-state index contributed by atoms with van der Waals surface area (Å²) >= 11 is 9.15. The average molecular weight is 1890 g/mol. The molecule has 16 heterocycles. The lowest BCUT2D eigenvalue weighted by Crippen LogP contribution is -2.50. The fourth-order valence-corrected chi connectivity index (χ4v) is 14.6. The van der Waals surface area contributed by atoms with E-state index in [2.05, 4.69) is 128 Å². The summed E-state index contributed by atoms with van der Waals surface area (Å²) in [5.41, 5.74) is 12.7. The van der Waals surface area contributed by atoms with Crippen LogP contribution in [-0.2, 0) is 42.8 Å². The lowest BCUT2D eigenvalue weighted by molar-refractivity contribution is 0.00578. The fraction of sp³-hybridized carbons (Fsp3) is 0.468. The van der Waals surface area contributed by atoms with Crippen LogP contribution in [0.15, 0.2) is 133 Å². The van der Waals surface area contributed by atoms with Crippen LogP contribution in [0.4, 0.5) is 37.7 Å². The molecule has 0 atom stereocenters. The summed E-state index contributed by atoms with van der Waals surface area (Å²) in [6, 6.07) is 31.3. The second-order valence-electron chi connectivity index (χ2n) is 36.6. The molecule has 0 radical (unpaired) electrons. The first-order valence-corrected chi connectivity index (χ1v) is 45.4. The Kier molecular flexibility index (Phi) is 34.4. The van der Waals surface area contributed by atoms with Crippen LogP contribution in [-0.4, -0.2) is 272 Å². The molecule has 35 nitrogen and oxygen atoms in total. The van der Waals surface area contributed by atoms with Crippen LogP contribution in [0.2, 0.25) is 5.28 Å². The molecule has 5 saturated heterocycles. The Labute approximate surface area is 786 Å². The first kappa shape index (κ1) is 100. The fourth-order valence-electron chi connectivity index (χ4n) is 14.1. The maximum Gasteiger partial charge on any atom is 0.496 e. The minimum absolute atomic E-state index is 0.235. The number of nitrogens with one attached hydrogen (secondary N) is 4. The highest BCUT2D eigenvalue weighted by atomic mass is 79.9. The Hall–Kier alpha value is -12.2. The number of aryl methyl sites for hydroxylation is 6. The number of anilines is 4. The second-order valence-corrected chi connectivity index (χ2v) is 37.9. The lowest BCUT2D eigenvalue weighted by atomic mass is 9.80. The molecule has 132 heavy (non-hydrogen) atoms. The molecule has 702 valence electrons. The molecular formula is C94H124BBrClN25O10. The monoisotopic (exact) mass is 1890 g/mol. The molecule has 5 fully saturated rings. The van der Waals surface area contributed by atoms with Gasteiger partial charge in [0.1, 0.15) is 40.1 Å². The Morgan fingerprint density at radius 1 is 0.439 bits per heavy atom. The Balaban J connectivity index is 0.000000158. The van der Waals surface area contributed by atoms with Crippen LogP contribution < -0.4 is 35.1 Å². The zero-order chi connectivity index (χ0) is 95.2. The molecule has 5 aliphatic heterocycles. The molecule has 0 aromatic carbocycles. The van der Waals surface area contributed by atoms with Crippen molar-refractivity contribution in [1.82, 2.24) is 105 Å². The molecule has 0 bridgehead atoms. The zero-order valence-corrected chi connectivity index (χ0v) is 81.8. The lowest BCUT2D eigenvalue weighted by Gasteiger charge is -2.36. The number of nitrogens with zero attached hydrogens (tertiary/aromatic N) is 21. The van der Waals surface area contributed by atoms with Gasteiger partial charge >= 0.3 is 25.4 Å². The second kappa shape index (κ2) is 45.3. The summed E-state index contributed by atoms with van der Waals surface area (Å²) in [5.74, 6) is 5.61. The number of ether oxygens (including phenoxy) is 4. The smallest absolute Gasteiger partial charge is 0.481 e. The maximum absolute atomic E-state index is 12.3. The molecule has 0 unspecified atom stereocenters. The van der Waals surface area contributed by atoms with Crippen LogP contribution in [0.25, 0.3) is 22.8 Å². The van der Waals surface area contributed by atoms with Gasteiger partial charge in [0.25, 0.3) is 0 Å². The van der Waals surface area contributed by atoms with Gasteiger partial charge in [0, 0.05) is 222 Å². The van der Waals surface area contributed by atoms with Gasteiger partial charge in [-0.2, -0.15) is 15.3 Å². The van der Waals surface area contributed by atoms with E-state index in [1.807, 2.05) is 223 Å². The minimum atomic E-state index is -0.486. The van der Waals surface area contributed by atoms with Gasteiger partial charge in [-0.25, -0.2) is 69.2 Å². The maximum atomic E-state index is 12.3. The number of piperazine rings is 4. The molecule has 0 aliphatic carbocycles. The number of rotatable bonds is 15. The van der Waals surface area contributed by atoms with E-state index in [1.165, 1.54) is 13.3 Å². The SMILES string of the molecule is CC(C)(C)OC(=O)N1CCN(c2ccc(B3OC(C)(C)C(C)(C)O3)cn2)CC1.CC(C)(C)OC(=O)N1CCN(c2ccc(Br)cn2)CC1.COc1ccc(C=O)cn1.Cc1cc(Cc2cc(C)[nH]n2)nc(-c2ccc(N3CCN(C(=O)OC(C)(C)C)CC3)nc2)n1.Cc1cc(Cc2cc(C)[nH]n2)nc(-c2ccc(N3CCNCC3)nc2)n1.Cc1cc(Cc2cc(C)[nH]n2)nc(Cl)n1. The predicted octanol–water partition coefficient (Wildman–Crippen LogP) is 13.7. The first-order valence-electron chi connectivity index (χ1n) is 44.2. The molecule has 16 rings (SSSR count). The van der Waals surface area contributed by atoms with E-state index < -0.39 is 23.9 Å². The quantitative estimate of drug-likeness (QED) is 0.0320. The summed E-state index contributed by atoms with van der Waals surface area (Å²) in [6.07, 6.45) is 10.8. The van der Waals surface area contributed by atoms with Gasteiger partial charge < -0.3 is 67.9 Å². The van der Waals surface area contributed by atoms with Crippen LogP contribution in [0.3, 0.4) is 0 Å². The molecule has 38 heteroatoms. The largest absolute Gasteiger partial charge is 0.496 e. The van der Waals surface area contributed by atoms with E-state index in [1.54, 1.807) is 33.0 Å². The van der Waals surface area contributed by atoms with Crippen molar-refractivity contribution in [3.8, 4) is 28.7 Å². The number of halogens is 2. The van der Waals surface area contributed by atoms with E-state index in [4.69, 9.17) is 49.8 Å². The van der Waals surface area contributed by atoms with Crippen molar-refractivity contribution in [2.75, 3.05) is 131 Å². The molecular weight excluding hydrogens is 1770 g/mol. The number of methoxy groups -OCH3 is 1. The Morgan fingerprint density at radius 3 is 1.11 bits per heavy atom. The molecule has 11 aromatic rings. The van der Waals surface area contributed by atoms with Crippen LogP contribution in [0.5, 0.6) is 5.88 Å². The molecule has 4 N–H and O–H groups in total. The van der Waals surface area contributed by atoms with Crippen molar-refractivity contribution < 1.29 is 47.4 Å². The van der Waals surface area contributed by atoms with Crippen LogP contribution in [0.1, 0.15) is 169 Å². The van der Waals surface area contributed by atoms with E-state index in [0.717, 1.165) is 171 Å². The summed E-state index contributed by atoms with van der Waals surface area (Å²) in [4.78, 5) is 109. The third-order valence-corrected chi connectivity index (χ3v) is 22.0. The van der Waals surface area contributed by atoms with Gasteiger partial charge in [0.15, 0.2) is 17.9 Å². The minimum Gasteiger partial charge on any atom is -0.481 e. The number of H-pyrrole nitrogens is 3. The van der Waals surface area contributed by atoms with E-state index in [9.17, 15) is 19.2 Å². The van der Waals surface area contributed by atoms with Crippen molar-refractivity contribution in [3.63, 3.8) is 0 Å². The van der Waals surface area contributed by atoms with Crippen molar-refractivity contribution >= 4 is 87.9 Å². The van der Waals surface area contributed by atoms with Gasteiger partial charge in [0.2, 0.25) is 11.2 Å². The highest BCUT2D eigenvalue weighted by Crippen LogP contribution is 2.37. The molecule has 0 spiro atoms. The van der Waals surface area contributed by atoms with Gasteiger partial charge in [-0.05, 0) is 244 Å². The summed E-state index contributed by atoms with van der Waals surface area (Å²) in [6.45, 7) is 49.1. The van der Waals surface area contributed by atoms with Crippen molar-refractivity contribution in [2.24, 2.45) is 0 Å². The zero-order valence-electron chi connectivity index (χ0n) is 79.4. The van der Waals surface area contributed by atoms with E-state index >= 15 is 0 Å². The van der Waals surface area contributed by atoms with Crippen LogP contribution >= 0.6 is 27.5 Å². The standard InChI is InChI=1S/C24H31N7O2.C20H32BN3O4.C19H23N7.C14H20BrN3O2.C10H11ClN4.C7H7NO2/c1-16-12-19(14-20-13-17(2)28-29-20)27-22(26-16)18-6-7-21(25-15-18)30-8-10-31(11-9-30)23(32)33-24(3,4)5;1-18(2,3)26-17(25)24-12-10-23(11-13-24)16-9-8-15(14-22-16)21-27-19(4,5)20(6,7)28-21;1-13-9-16(11-17-10-14(2)24-25-17)23-19(22-13)15-3-4-18(21-12-15)26-7-5-20-6-8-26;1-14(2,3)20-13(19)18-8-6-17(7-9-18)12-5-4-11(15)10-16-12;1-6-3-8(13-10(11)12-6)5-9-4-7(2)14-15-9;1-10-7-3-2-6(5-9)4-8-7/h6-7,12-13,15H,8-11,14H2,1-5H3,(H,28,29);8-9,14H,10-13H2,1-7H3;3-4,9-10,12,20H,5-8,11H2,1-2H3,(H,24,25);4-5,10H,6-9H2,1-3H3;3-4H,5H2,1-2H3,(H,14,15);2-5H,1H3. The topological polar surface area (TPSA) is 386 Å². The summed E-state index contributed by atoms with van der Waals surface area (Å²) < 4.78 is 34.2. The summed E-state index contributed by atoms with van der Waals surface area (Å²) in [7, 11) is 1.12. The van der Waals surface area contributed by atoms with E-state index in [0.29, 0.717) is 94.7 Å². The van der Waals surface area contributed by atoms with Gasteiger partial charge in [-0.1, -0.05) is 6.07 Å². The molecule has 0 saturated carbocycles. The predicted molar refractivity (Wildman–Crippen MR) is 513 cm³/mol. The highest BCUT2D eigenvalue weighted by molar-refractivity contribution is 9.10. The number of hydrogen-bond acceptors (Lipinski definition) is 29. The van der Waals surface area contributed by atoms with E-state index in [-0.39, 0.29) is 34.8 Å². The number of carbonyl (C=O) groups excluding carboxylic acids is 4. The van der Waals surface area contributed by atoms with Gasteiger partial charge in [-0.15, -0.1) is 0 Å². The number of amides is 3. The Bertz CT molecular complexity index is 5530. The number of hydrogen-bond donors (Lipinski definition) is 4. The van der Waals surface area contributed by atoms with Gasteiger partial charge in [-0.3, -0.25) is 20.1 Å². The third kappa shape index (κ3) is 30.7. The average Bonchev–Trinajstić information content (AvgIpc) is 1.62. The molecule has 11 aromatic heterocycles. The normalized spacial score (nSPS) is 15.4. The van der Waals surface area contributed by atoms with Crippen molar-refractivity contribution in [2.45, 2.75) is 179 Å². The van der Waals surface area contributed by atoms with Crippen molar-refractivity contribution in [3.05, 3.63) is 212 Å².